The minimum atomic E-state index is 0.573. The second-order valence-electron chi connectivity index (χ2n) is 4.79. The molecule has 1 aromatic carbocycles. The van der Waals surface area contributed by atoms with Gasteiger partial charge in [-0.05, 0) is 30.4 Å². The van der Waals surface area contributed by atoms with Crippen LogP contribution in [0.2, 0.25) is 0 Å². The molecule has 0 aliphatic rings. The first kappa shape index (κ1) is 15.5. The fourth-order valence-corrected chi connectivity index (χ4v) is 2.73. The Bertz CT molecular complexity index is 705. The van der Waals surface area contributed by atoms with Crippen LogP contribution in [0, 0.1) is 0 Å². The number of nitrogens with zero attached hydrogens (tertiary/aromatic N) is 4. The molecule has 0 aliphatic carbocycles. The Morgan fingerprint density at radius 3 is 2.70 bits per heavy atom. The zero-order chi connectivity index (χ0) is 15.7. The van der Waals surface area contributed by atoms with Gasteiger partial charge >= 0.3 is 0 Å². The molecule has 0 amide bonds. The smallest absolute Gasteiger partial charge is 0.257 e. The molecule has 0 saturated carbocycles. The van der Waals surface area contributed by atoms with Crippen molar-refractivity contribution in [2.45, 2.75) is 12.2 Å². The lowest BCUT2D eigenvalue weighted by atomic mass is 10.2. The van der Waals surface area contributed by atoms with Crippen molar-refractivity contribution in [3.05, 3.63) is 54.6 Å². The molecule has 0 saturated heterocycles. The van der Waals surface area contributed by atoms with Crippen LogP contribution < -0.4 is 5.32 Å². The lowest BCUT2D eigenvalue weighted by Gasteiger charge is -2.02. The molecule has 0 fully saturated rings. The molecule has 0 unspecified atom stereocenters. The Hall–Kier alpha value is -2.41. The number of benzene rings is 1. The van der Waals surface area contributed by atoms with Gasteiger partial charge in [0.05, 0.1) is 5.75 Å². The van der Waals surface area contributed by atoms with Crippen molar-refractivity contribution in [3.8, 4) is 11.5 Å². The van der Waals surface area contributed by atoms with Crippen LogP contribution in [-0.4, -0.2) is 32.4 Å². The zero-order valence-electron chi connectivity index (χ0n) is 12.6. The predicted molar refractivity (Wildman–Crippen MR) is 91.0 cm³/mol. The van der Waals surface area contributed by atoms with E-state index in [1.54, 1.807) is 30.2 Å². The Morgan fingerprint density at radius 1 is 1.04 bits per heavy atom. The van der Waals surface area contributed by atoms with Gasteiger partial charge in [0.1, 0.15) is 0 Å². The molecule has 0 radical (unpaired) electrons. The van der Waals surface area contributed by atoms with Crippen molar-refractivity contribution in [2.75, 3.05) is 17.6 Å². The summed E-state index contributed by atoms with van der Waals surface area (Å²) in [5, 5.41) is 7.20. The van der Waals surface area contributed by atoms with Gasteiger partial charge in [-0.15, -0.1) is 0 Å². The van der Waals surface area contributed by atoms with Crippen LogP contribution in [0.1, 0.15) is 12.2 Å². The van der Waals surface area contributed by atoms with Gasteiger partial charge in [0.2, 0.25) is 5.95 Å². The van der Waals surface area contributed by atoms with Crippen LogP contribution in [0.25, 0.3) is 11.5 Å². The van der Waals surface area contributed by atoms with Gasteiger partial charge < -0.3 is 9.84 Å². The Kier molecular flexibility index (Phi) is 5.58. The van der Waals surface area contributed by atoms with E-state index >= 15 is 0 Å². The summed E-state index contributed by atoms with van der Waals surface area (Å²) >= 11 is 1.78. The Morgan fingerprint density at radius 2 is 1.87 bits per heavy atom. The summed E-state index contributed by atoms with van der Waals surface area (Å²) in [6.45, 7) is 0.846. The highest BCUT2D eigenvalue weighted by Crippen LogP contribution is 2.18. The molecular formula is C16H17N5OS. The van der Waals surface area contributed by atoms with Gasteiger partial charge in [0.25, 0.3) is 5.89 Å². The molecule has 0 bridgehead atoms. The van der Waals surface area contributed by atoms with Crippen molar-refractivity contribution in [1.82, 2.24) is 20.1 Å². The summed E-state index contributed by atoms with van der Waals surface area (Å²) in [7, 11) is 0. The van der Waals surface area contributed by atoms with Crippen molar-refractivity contribution in [1.29, 1.82) is 0 Å². The maximum Gasteiger partial charge on any atom is 0.257 e. The molecule has 2 heterocycles. The highest BCUT2D eigenvalue weighted by molar-refractivity contribution is 7.98. The molecule has 0 atom stereocenters. The molecule has 0 aliphatic heterocycles. The van der Waals surface area contributed by atoms with Crippen LogP contribution in [0.5, 0.6) is 0 Å². The summed E-state index contributed by atoms with van der Waals surface area (Å²) in [5.41, 5.74) is 0.948. The number of hydrogen-bond donors (Lipinski definition) is 1. The summed E-state index contributed by atoms with van der Waals surface area (Å²) in [4.78, 5) is 12.6. The first-order valence-electron chi connectivity index (χ1n) is 7.38. The number of rotatable bonds is 8. The Labute approximate surface area is 138 Å². The minimum Gasteiger partial charge on any atom is -0.354 e. The first-order chi connectivity index (χ1) is 11.4. The monoisotopic (exact) mass is 327 g/mol. The van der Waals surface area contributed by atoms with Crippen LogP contribution in [0.15, 0.2) is 53.3 Å². The third kappa shape index (κ3) is 4.79. The lowest BCUT2D eigenvalue weighted by Crippen LogP contribution is -2.05. The van der Waals surface area contributed by atoms with Gasteiger partial charge in [-0.2, -0.15) is 16.7 Å². The molecule has 23 heavy (non-hydrogen) atoms. The molecule has 0 spiro atoms. The molecule has 1 N–H and O–H groups in total. The van der Waals surface area contributed by atoms with Gasteiger partial charge in [0, 0.05) is 24.5 Å². The van der Waals surface area contributed by atoms with E-state index in [-0.39, 0.29) is 0 Å². The second kappa shape index (κ2) is 8.28. The highest BCUT2D eigenvalue weighted by Gasteiger charge is 2.07. The molecule has 6 nitrogen and oxygen atoms in total. The summed E-state index contributed by atoms with van der Waals surface area (Å²) in [6.07, 6.45) is 4.47. The quantitative estimate of drug-likeness (QED) is 0.636. The number of anilines is 1. The van der Waals surface area contributed by atoms with Crippen molar-refractivity contribution >= 4 is 17.7 Å². The molecule has 2 aromatic heterocycles. The number of nitrogens with one attached hydrogen (secondary N) is 1. The first-order valence-corrected chi connectivity index (χ1v) is 8.54. The van der Waals surface area contributed by atoms with E-state index in [9.17, 15) is 0 Å². The van der Waals surface area contributed by atoms with Crippen LogP contribution >= 0.6 is 11.8 Å². The zero-order valence-corrected chi connectivity index (χ0v) is 13.4. The van der Waals surface area contributed by atoms with Crippen molar-refractivity contribution in [2.24, 2.45) is 0 Å². The van der Waals surface area contributed by atoms with E-state index in [1.807, 2.05) is 30.3 Å². The van der Waals surface area contributed by atoms with Gasteiger partial charge in [-0.25, -0.2) is 9.97 Å². The molecule has 3 rings (SSSR count). The van der Waals surface area contributed by atoms with E-state index in [4.69, 9.17) is 4.52 Å². The van der Waals surface area contributed by atoms with Crippen LogP contribution in [0.3, 0.4) is 0 Å². The average molecular weight is 327 g/mol. The van der Waals surface area contributed by atoms with Crippen molar-refractivity contribution in [3.63, 3.8) is 0 Å². The van der Waals surface area contributed by atoms with E-state index in [2.05, 4.69) is 25.4 Å². The fraction of sp³-hybridized carbons (Fsp3) is 0.250. The van der Waals surface area contributed by atoms with E-state index in [1.165, 1.54) is 0 Å². The van der Waals surface area contributed by atoms with Crippen LogP contribution in [0.4, 0.5) is 5.95 Å². The molecular weight excluding hydrogens is 310 g/mol. The van der Waals surface area contributed by atoms with Crippen molar-refractivity contribution < 1.29 is 4.52 Å². The normalized spacial score (nSPS) is 10.6. The number of thioether (sulfide) groups is 1. The van der Waals surface area contributed by atoms with Crippen LogP contribution in [-0.2, 0) is 5.75 Å². The van der Waals surface area contributed by atoms with E-state index < -0.39 is 0 Å². The maximum absolute atomic E-state index is 5.28. The summed E-state index contributed by atoms with van der Waals surface area (Å²) in [6, 6.07) is 11.6. The SMILES string of the molecule is c1ccc(-c2nc(CSCCCNc3ncccn3)no2)cc1. The Balaban J connectivity index is 1.36. The predicted octanol–water partition coefficient (Wildman–Crippen LogP) is 3.26. The number of aromatic nitrogens is 4. The third-order valence-corrected chi connectivity index (χ3v) is 4.07. The standard InChI is InChI=1S/C16H17N5OS/c1-2-6-13(7-3-1)15-20-14(21-22-15)12-23-11-5-10-19-16-17-8-4-9-18-16/h1-4,6-9H,5,10-12H2,(H,17,18,19). The van der Waals surface area contributed by atoms with Gasteiger partial charge in [-0.3, -0.25) is 0 Å². The fourth-order valence-electron chi connectivity index (χ4n) is 1.94. The topological polar surface area (TPSA) is 76.7 Å². The minimum absolute atomic E-state index is 0.573. The van der Waals surface area contributed by atoms with E-state index in [0.717, 1.165) is 35.9 Å². The van der Waals surface area contributed by atoms with Gasteiger partial charge in [-0.1, -0.05) is 23.4 Å². The third-order valence-electron chi connectivity index (χ3n) is 3.03. The molecule has 7 heteroatoms. The number of hydrogen-bond acceptors (Lipinski definition) is 7. The van der Waals surface area contributed by atoms with Gasteiger partial charge in [0.15, 0.2) is 5.82 Å². The maximum atomic E-state index is 5.28. The summed E-state index contributed by atoms with van der Waals surface area (Å²) < 4.78 is 5.28. The largest absolute Gasteiger partial charge is 0.354 e. The van der Waals surface area contributed by atoms with E-state index in [0.29, 0.717) is 11.8 Å². The molecule has 3 aromatic rings. The average Bonchev–Trinajstić information content (AvgIpc) is 3.09. The second-order valence-corrected chi connectivity index (χ2v) is 5.89. The summed E-state index contributed by atoms with van der Waals surface area (Å²) in [5.74, 6) is 3.73. The highest BCUT2D eigenvalue weighted by atomic mass is 32.2. The lowest BCUT2D eigenvalue weighted by molar-refractivity contribution is 0.425. The molecule has 118 valence electrons.